The number of aliphatic hydroxyl groups excluding tert-OH is 2. The first-order chi connectivity index (χ1) is 5.16. The SMILES string of the molecule is C=CC1(CO)OCC(Cl)C1O. The highest BCUT2D eigenvalue weighted by atomic mass is 35.5. The largest absolute Gasteiger partial charge is 0.393 e. The van der Waals surface area contributed by atoms with E-state index in [1.165, 1.54) is 6.08 Å². The minimum atomic E-state index is -1.05. The molecule has 1 fully saturated rings. The molecule has 3 unspecified atom stereocenters. The van der Waals surface area contributed by atoms with Gasteiger partial charge in [0.05, 0.1) is 18.6 Å². The molecule has 0 aromatic rings. The second-order valence-electron chi connectivity index (χ2n) is 2.59. The molecule has 11 heavy (non-hydrogen) atoms. The molecule has 1 heterocycles. The van der Waals surface area contributed by atoms with Gasteiger partial charge in [0.1, 0.15) is 11.7 Å². The van der Waals surface area contributed by atoms with Crippen LogP contribution in [0.5, 0.6) is 0 Å². The highest BCUT2D eigenvalue weighted by molar-refractivity contribution is 6.21. The van der Waals surface area contributed by atoms with Crippen molar-refractivity contribution in [2.75, 3.05) is 13.2 Å². The quantitative estimate of drug-likeness (QED) is 0.459. The summed E-state index contributed by atoms with van der Waals surface area (Å²) in [5, 5.41) is 17.9. The van der Waals surface area contributed by atoms with E-state index in [2.05, 4.69) is 6.58 Å². The van der Waals surface area contributed by atoms with Crippen LogP contribution in [0.25, 0.3) is 0 Å². The third-order valence-corrected chi connectivity index (χ3v) is 2.31. The number of hydrogen-bond acceptors (Lipinski definition) is 3. The Morgan fingerprint density at radius 3 is 2.64 bits per heavy atom. The molecule has 1 aliphatic heterocycles. The zero-order valence-corrected chi connectivity index (χ0v) is 6.79. The van der Waals surface area contributed by atoms with Gasteiger partial charge < -0.3 is 14.9 Å². The van der Waals surface area contributed by atoms with E-state index >= 15 is 0 Å². The third kappa shape index (κ3) is 1.29. The van der Waals surface area contributed by atoms with E-state index in [0.29, 0.717) is 0 Å². The Morgan fingerprint density at radius 2 is 2.45 bits per heavy atom. The fraction of sp³-hybridized carbons (Fsp3) is 0.714. The van der Waals surface area contributed by atoms with Gasteiger partial charge in [-0.15, -0.1) is 18.2 Å². The van der Waals surface area contributed by atoms with Crippen molar-refractivity contribution < 1.29 is 14.9 Å². The number of rotatable bonds is 2. The normalized spacial score (nSPS) is 44.3. The molecule has 64 valence electrons. The van der Waals surface area contributed by atoms with Crippen molar-refractivity contribution >= 4 is 11.6 Å². The zero-order chi connectivity index (χ0) is 8.48. The van der Waals surface area contributed by atoms with Crippen molar-refractivity contribution in [3.8, 4) is 0 Å². The van der Waals surface area contributed by atoms with E-state index in [-0.39, 0.29) is 13.2 Å². The Morgan fingerprint density at radius 1 is 1.82 bits per heavy atom. The molecule has 0 spiro atoms. The Hall–Kier alpha value is -0.0900. The highest BCUT2D eigenvalue weighted by Gasteiger charge is 2.46. The maximum atomic E-state index is 9.42. The number of hydrogen-bond donors (Lipinski definition) is 2. The summed E-state index contributed by atoms with van der Waals surface area (Å²) in [5.74, 6) is 0. The van der Waals surface area contributed by atoms with Gasteiger partial charge in [0, 0.05) is 0 Å². The van der Waals surface area contributed by atoms with Crippen molar-refractivity contribution in [3.05, 3.63) is 12.7 Å². The molecule has 1 saturated heterocycles. The van der Waals surface area contributed by atoms with Crippen LogP contribution in [0.4, 0.5) is 0 Å². The van der Waals surface area contributed by atoms with Crippen molar-refractivity contribution in [2.45, 2.75) is 17.1 Å². The van der Waals surface area contributed by atoms with Gasteiger partial charge >= 0.3 is 0 Å². The van der Waals surface area contributed by atoms with E-state index in [1.807, 2.05) is 0 Å². The number of alkyl halides is 1. The summed E-state index contributed by atoms with van der Waals surface area (Å²) in [6.45, 7) is 3.42. The van der Waals surface area contributed by atoms with Gasteiger partial charge in [0.15, 0.2) is 0 Å². The summed E-state index contributed by atoms with van der Waals surface area (Å²) < 4.78 is 5.11. The molecule has 3 atom stereocenters. The van der Waals surface area contributed by atoms with Crippen LogP contribution in [-0.4, -0.2) is 40.5 Å². The fourth-order valence-corrected chi connectivity index (χ4v) is 1.38. The lowest BCUT2D eigenvalue weighted by Crippen LogP contribution is -2.43. The maximum absolute atomic E-state index is 9.42. The molecule has 0 radical (unpaired) electrons. The lowest BCUT2D eigenvalue weighted by Gasteiger charge is -2.25. The van der Waals surface area contributed by atoms with Crippen LogP contribution < -0.4 is 0 Å². The summed E-state index contributed by atoms with van der Waals surface area (Å²) in [7, 11) is 0. The van der Waals surface area contributed by atoms with Gasteiger partial charge in [-0.3, -0.25) is 0 Å². The van der Waals surface area contributed by atoms with Crippen molar-refractivity contribution in [2.24, 2.45) is 0 Å². The second-order valence-corrected chi connectivity index (χ2v) is 3.15. The molecular weight excluding hydrogens is 168 g/mol. The fourth-order valence-electron chi connectivity index (χ4n) is 1.10. The average Bonchev–Trinajstić information content (AvgIpc) is 2.32. The summed E-state index contributed by atoms with van der Waals surface area (Å²) in [6, 6.07) is 0. The Bertz CT molecular complexity index is 162. The minimum Gasteiger partial charge on any atom is -0.393 e. The first-order valence-corrected chi connectivity index (χ1v) is 3.80. The first-order valence-electron chi connectivity index (χ1n) is 3.37. The first kappa shape index (κ1) is 9.00. The van der Waals surface area contributed by atoms with Crippen molar-refractivity contribution in [1.82, 2.24) is 0 Å². The van der Waals surface area contributed by atoms with Gasteiger partial charge in [-0.05, 0) is 0 Å². The van der Waals surface area contributed by atoms with Crippen LogP contribution in [0.15, 0.2) is 12.7 Å². The zero-order valence-electron chi connectivity index (χ0n) is 6.03. The molecule has 3 nitrogen and oxygen atoms in total. The van der Waals surface area contributed by atoms with Gasteiger partial charge in [0.2, 0.25) is 0 Å². The molecule has 1 rings (SSSR count). The molecule has 0 amide bonds. The number of aliphatic hydroxyl groups is 2. The predicted molar refractivity (Wildman–Crippen MR) is 41.6 cm³/mol. The van der Waals surface area contributed by atoms with Crippen LogP contribution in [0.1, 0.15) is 0 Å². The average molecular weight is 179 g/mol. The number of halogens is 1. The molecule has 0 bridgehead atoms. The standard InChI is InChI=1S/C7H11ClO3/c1-2-7(4-9)6(10)5(8)3-11-7/h2,5-6,9-10H,1,3-4H2. The van der Waals surface area contributed by atoms with Crippen LogP contribution in [0.2, 0.25) is 0 Å². The van der Waals surface area contributed by atoms with E-state index in [1.54, 1.807) is 0 Å². The Labute approximate surface area is 70.2 Å². The van der Waals surface area contributed by atoms with Crippen molar-refractivity contribution in [3.63, 3.8) is 0 Å². The lowest BCUT2D eigenvalue weighted by molar-refractivity contribution is -0.0547. The Kier molecular flexibility index (Phi) is 2.54. The monoisotopic (exact) mass is 178 g/mol. The van der Waals surface area contributed by atoms with Crippen LogP contribution >= 0.6 is 11.6 Å². The topological polar surface area (TPSA) is 49.7 Å². The van der Waals surface area contributed by atoms with Crippen LogP contribution in [-0.2, 0) is 4.74 Å². The second kappa shape index (κ2) is 3.11. The lowest BCUT2D eigenvalue weighted by atomic mass is 9.98. The maximum Gasteiger partial charge on any atom is 0.136 e. The Balaban J connectivity index is 2.77. The van der Waals surface area contributed by atoms with E-state index < -0.39 is 17.1 Å². The summed E-state index contributed by atoms with van der Waals surface area (Å²) >= 11 is 5.67. The summed E-state index contributed by atoms with van der Waals surface area (Å²) in [5.41, 5.74) is -1.05. The predicted octanol–water partition coefficient (Wildman–Crippen LogP) is -0.0980. The van der Waals surface area contributed by atoms with Gasteiger partial charge in [-0.1, -0.05) is 6.08 Å². The van der Waals surface area contributed by atoms with E-state index in [9.17, 15) is 5.11 Å². The summed E-state index contributed by atoms with van der Waals surface area (Å²) in [4.78, 5) is 0. The van der Waals surface area contributed by atoms with Gasteiger partial charge in [-0.2, -0.15) is 0 Å². The molecular formula is C7H11ClO3. The molecule has 4 heteroatoms. The molecule has 0 aromatic carbocycles. The minimum absolute atomic E-state index is 0.245. The molecule has 0 aromatic heterocycles. The van der Waals surface area contributed by atoms with Gasteiger partial charge in [-0.25, -0.2) is 0 Å². The van der Waals surface area contributed by atoms with Crippen LogP contribution in [0, 0.1) is 0 Å². The van der Waals surface area contributed by atoms with E-state index in [4.69, 9.17) is 21.4 Å². The highest BCUT2D eigenvalue weighted by Crippen LogP contribution is 2.29. The molecule has 0 aliphatic carbocycles. The van der Waals surface area contributed by atoms with E-state index in [0.717, 1.165) is 0 Å². The molecule has 1 aliphatic rings. The molecule has 2 N–H and O–H groups in total. The molecule has 0 saturated carbocycles. The van der Waals surface area contributed by atoms with Gasteiger partial charge in [0.25, 0.3) is 0 Å². The number of ether oxygens (including phenoxy) is 1. The van der Waals surface area contributed by atoms with Crippen LogP contribution in [0.3, 0.4) is 0 Å². The smallest absolute Gasteiger partial charge is 0.136 e. The summed E-state index contributed by atoms with van der Waals surface area (Å²) in [6.07, 6.45) is 0.520. The third-order valence-electron chi connectivity index (χ3n) is 1.95. The van der Waals surface area contributed by atoms with Crippen molar-refractivity contribution in [1.29, 1.82) is 0 Å².